The summed E-state index contributed by atoms with van der Waals surface area (Å²) in [7, 11) is 3.40. The normalized spacial score (nSPS) is 42.2. The fraction of sp³-hybridized carbons (Fsp3) is 0.600. The highest BCUT2D eigenvalue weighted by atomic mass is 16.5. The fourth-order valence-electron chi connectivity index (χ4n) is 2.68. The first-order chi connectivity index (χ1) is 7.11. The molecule has 5 heteroatoms. The highest BCUT2D eigenvalue weighted by Gasteiger charge is 2.61. The predicted molar refractivity (Wildman–Crippen MR) is 50.3 cm³/mol. The minimum atomic E-state index is -0.296. The maximum atomic E-state index is 12.0. The second-order valence-corrected chi connectivity index (χ2v) is 4.34. The van der Waals surface area contributed by atoms with E-state index in [1.54, 1.807) is 19.1 Å². The van der Waals surface area contributed by atoms with Crippen LogP contribution < -0.4 is 0 Å². The van der Waals surface area contributed by atoms with Gasteiger partial charge in [0.25, 0.3) is 11.8 Å². The monoisotopic (exact) mass is 208 g/mol. The SMILES string of the molecule is CN(C)N1C(=O)C2C(C1=O)[C@H]1C=C[C@@H]2O1. The summed E-state index contributed by atoms with van der Waals surface area (Å²) in [6, 6.07) is 0. The number of rotatable bonds is 1. The van der Waals surface area contributed by atoms with Crippen molar-refractivity contribution < 1.29 is 14.3 Å². The van der Waals surface area contributed by atoms with Gasteiger partial charge in [0.2, 0.25) is 0 Å². The maximum absolute atomic E-state index is 12.0. The van der Waals surface area contributed by atoms with Crippen LogP contribution in [0.25, 0.3) is 0 Å². The predicted octanol–water partition coefficient (Wildman–Crippen LogP) is -0.599. The molecule has 3 aliphatic rings. The van der Waals surface area contributed by atoms with Crippen LogP contribution in [0, 0.1) is 11.8 Å². The Bertz CT molecular complexity index is 347. The lowest BCUT2D eigenvalue weighted by Gasteiger charge is -2.23. The zero-order chi connectivity index (χ0) is 10.7. The van der Waals surface area contributed by atoms with Gasteiger partial charge in [-0.25, -0.2) is 10.0 Å². The van der Waals surface area contributed by atoms with E-state index in [1.165, 1.54) is 5.01 Å². The molecule has 2 amide bonds. The van der Waals surface area contributed by atoms with Crippen LogP contribution in [0.5, 0.6) is 0 Å². The molecule has 2 bridgehead atoms. The van der Waals surface area contributed by atoms with Crippen LogP contribution in [-0.4, -0.2) is 48.1 Å². The first-order valence-corrected chi connectivity index (χ1v) is 5.00. The maximum Gasteiger partial charge on any atom is 0.250 e. The molecule has 4 atom stereocenters. The van der Waals surface area contributed by atoms with Crippen molar-refractivity contribution in [1.82, 2.24) is 10.0 Å². The van der Waals surface area contributed by atoms with Crippen LogP contribution in [0.1, 0.15) is 0 Å². The lowest BCUT2D eigenvalue weighted by atomic mass is 9.85. The Morgan fingerprint density at radius 1 is 1.13 bits per heavy atom. The van der Waals surface area contributed by atoms with Crippen molar-refractivity contribution in [3.63, 3.8) is 0 Å². The topological polar surface area (TPSA) is 49.9 Å². The molecule has 0 aromatic rings. The molecule has 3 rings (SSSR count). The van der Waals surface area contributed by atoms with Crippen LogP contribution in [0.4, 0.5) is 0 Å². The number of fused-ring (bicyclic) bond motifs is 5. The molecular weight excluding hydrogens is 196 g/mol. The number of ether oxygens (including phenoxy) is 1. The van der Waals surface area contributed by atoms with Crippen LogP contribution in [-0.2, 0) is 14.3 Å². The Morgan fingerprint density at radius 3 is 2.00 bits per heavy atom. The molecule has 0 aromatic carbocycles. The molecular formula is C10H12N2O3. The average Bonchev–Trinajstić information content (AvgIpc) is 2.79. The van der Waals surface area contributed by atoms with Gasteiger partial charge in [0, 0.05) is 14.1 Å². The highest BCUT2D eigenvalue weighted by Crippen LogP contribution is 2.45. The minimum absolute atomic E-state index is 0.133. The van der Waals surface area contributed by atoms with E-state index in [0.717, 1.165) is 0 Å². The Hall–Kier alpha value is -1.20. The van der Waals surface area contributed by atoms with Crippen LogP contribution >= 0.6 is 0 Å². The number of amides is 2. The summed E-state index contributed by atoms with van der Waals surface area (Å²) in [5, 5.41) is 2.77. The Morgan fingerprint density at radius 2 is 1.60 bits per heavy atom. The molecule has 5 nitrogen and oxygen atoms in total. The number of imide groups is 1. The van der Waals surface area contributed by atoms with Gasteiger partial charge in [0.15, 0.2) is 0 Å². The van der Waals surface area contributed by atoms with E-state index in [-0.39, 0.29) is 35.9 Å². The number of hydrogen-bond donors (Lipinski definition) is 0. The largest absolute Gasteiger partial charge is 0.365 e. The summed E-state index contributed by atoms with van der Waals surface area (Å²) in [6.45, 7) is 0. The summed E-state index contributed by atoms with van der Waals surface area (Å²) in [5.41, 5.74) is 0. The van der Waals surface area contributed by atoms with Crippen molar-refractivity contribution in [3.8, 4) is 0 Å². The van der Waals surface area contributed by atoms with E-state index in [9.17, 15) is 9.59 Å². The second kappa shape index (κ2) is 2.68. The third kappa shape index (κ3) is 0.943. The van der Waals surface area contributed by atoms with Gasteiger partial charge in [-0.2, -0.15) is 0 Å². The zero-order valence-electron chi connectivity index (χ0n) is 8.58. The van der Waals surface area contributed by atoms with Crippen molar-refractivity contribution in [1.29, 1.82) is 0 Å². The van der Waals surface area contributed by atoms with Crippen molar-refractivity contribution >= 4 is 11.8 Å². The fourth-order valence-corrected chi connectivity index (χ4v) is 2.68. The van der Waals surface area contributed by atoms with Gasteiger partial charge in [0.05, 0.1) is 24.0 Å². The number of hydrogen-bond acceptors (Lipinski definition) is 4. The van der Waals surface area contributed by atoms with Crippen LogP contribution in [0.2, 0.25) is 0 Å². The van der Waals surface area contributed by atoms with Gasteiger partial charge in [-0.1, -0.05) is 12.2 Å². The minimum Gasteiger partial charge on any atom is -0.365 e. The first kappa shape index (κ1) is 9.06. The Labute approximate surface area is 87.2 Å². The molecule has 0 aromatic heterocycles. The molecule has 2 fully saturated rings. The number of nitrogens with zero attached hydrogens (tertiary/aromatic N) is 2. The molecule has 3 aliphatic heterocycles. The van der Waals surface area contributed by atoms with Crippen LogP contribution in [0.3, 0.4) is 0 Å². The molecule has 0 aliphatic carbocycles. The van der Waals surface area contributed by atoms with E-state index in [0.29, 0.717) is 0 Å². The second-order valence-electron chi connectivity index (χ2n) is 4.34. The van der Waals surface area contributed by atoms with Gasteiger partial charge in [-0.15, -0.1) is 0 Å². The highest BCUT2D eigenvalue weighted by molar-refractivity contribution is 6.06. The number of carbonyl (C=O) groups excluding carboxylic acids is 2. The van der Waals surface area contributed by atoms with Crippen LogP contribution in [0.15, 0.2) is 12.2 Å². The van der Waals surface area contributed by atoms with Gasteiger partial charge in [-0.3, -0.25) is 9.59 Å². The summed E-state index contributed by atoms with van der Waals surface area (Å²) in [5.74, 6) is -0.858. The average molecular weight is 208 g/mol. The molecule has 0 saturated carbocycles. The van der Waals surface area contributed by atoms with E-state index in [4.69, 9.17) is 4.74 Å². The van der Waals surface area contributed by atoms with E-state index in [2.05, 4.69) is 0 Å². The van der Waals surface area contributed by atoms with Gasteiger partial charge in [0.1, 0.15) is 0 Å². The molecule has 0 spiro atoms. The summed E-state index contributed by atoms with van der Waals surface area (Å²) >= 11 is 0. The van der Waals surface area contributed by atoms with E-state index < -0.39 is 0 Å². The molecule has 0 radical (unpaired) electrons. The van der Waals surface area contributed by atoms with Gasteiger partial charge in [-0.05, 0) is 0 Å². The first-order valence-electron chi connectivity index (χ1n) is 5.00. The lowest BCUT2D eigenvalue weighted by molar-refractivity contribution is -0.157. The third-order valence-electron chi connectivity index (χ3n) is 3.29. The Balaban J connectivity index is 2.00. The quantitative estimate of drug-likeness (QED) is 0.426. The molecule has 2 saturated heterocycles. The Kier molecular flexibility index (Phi) is 1.62. The number of hydrazine groups is 1. The van der Waals surface area contributed by atoms with Crippen molar-refractivity contribution in [2.75, 3.05) is 14.1 Å². The summed E-state index contributed by atoms with van der Waals surface area (Å²) in [4.78, 5) is 24.0. The molecule has 15 heavy (non-hydrogen) atoms. The summed E-state index contributed by atoms with van der Waals surface area (Å²) < 4.78 is 5.51. The summed E-state index contributed by atoms with van der Waals surface area (Å²) in [6.07, 6.45) is 3.38. The smallest absolute Gasteiger partial charge is 0.250 e. The van der Waals surface area contributed by atoms with Gasteiger partial charge < -0.3 is 4.74 Å². The molecule has 80 valence electrons. The van der Waals surface area contributed by atoms with Crippen molar-refractivity contribution in [3.05, 3.63) is 12.2 Å². The molecule has 0 N–H and O–H groups in total. The van der Waals surface area contributed by atoms with E-state index >= 15 is 0 Å². The molecule has 2 unspecified atom stereocenters. The lowest BCUT2D eigenvalue weighted by Crippen LogP contribution is -2.43. The van der Waals surface area contributed by atoms with E-state index in [1.807, 2.05) is 12.2 Å². The zero-order valence-corrected chi connectivity index (χ0v) is 8.58. The molecule has 3 heterocycles. The van der Waals surface area contributed by atoms with Crippen molar-refractivity contribution in [2.45, 2.75) is 12.2 Å². The standard InChI is InChI=1S/C10H12N2O3/c1-11(2)12-9(13)7-5-3-4-6(15-5)8(7)10(12)14/h3-8H,1-2H3/t5-,6+,7?,8?. The number of carbonyl (C=O) groups is 2. The van der Waals surface area contributed by atoms with Gasteiger partial charge >= 0.3 is 0 Å². The van der Waals surface area contributed by atoms with Crippen molar-refractivity contribution in [2.24, 2.45) is 11.8 Å². The third-order valence-corrected chi connectivity index (χ3v) is 3.29.